The van der Waals surface area contributed by atoms with Crippen LogP contribution in [0.15, 0.2) is 115 Å². The molecule has 0 aliphatic heterocycles. The van der Waals surface area contributed by atoms with Gasteiger partial charge >= 0.3 is 181 Å². The maximum absolute atomic E-state index is 8.15. The third-order valence-electron chi connectivity index (χ3n) is 5.88. The predicted molar refractivity (Wildman–Crippen MR) is 131 cm³/mol. The molecule has 0 amide bonds. The number of para-hydroxylation sites is 1. The average Bonchev–Trinajstić information content (AvgIpc) is 3.23. The van der Waals surface area contributed by atoms with Gasteiger partial charge in [-0.05, 0) is 0 Å². The van der Waals surface area contributed by atoms with Gasteiger partial charge in [0.2, 0.25) is 0 Å². The van der Waals surface area contributed by atoms with Crippen LogP contribution in [-0.2, 0) is 6.16 Å². The number of nitrogens with zero attached hydrogens (tertiary/aromatic N) is 1. The first-order valence-electron chi connectivity index (χ1n) is 10.0. The Morgan fingerprint density at radius 1 is 0.600 bits per heavy atom. The molecule has 1 N–H and O–H groups in total. The second-order valence-electron chi connectivity index (χ2n) is 7.57. The van der Waals surface area contributed by atoms with Gasteiger partial charge in [-0.15, -0.1) is 0 Å². The van der Waals surface area contributed by atoms with E-state index >= 15 is 0 Å². The van der Waals surface area contributed by atoms with Gasteiger partial charge in [-0.1, -0.05) is 0 Å². The van der Waals surface area contributed by atoms with E-state index in [2.05, 4.69) is 95.1 Å². The molecule has 0 spiro atoms. The molecule has 5 aromatic rings. The maximum atomic E-state index is 8.15. The number of hydrogen-bond acceptors (Lipinski definition) is 1. The van der Waals surface area contributed by atoms with Crippen molar-refractivity contribution in [2.75, 3.05) is 0 Å². The summed E-state index contributed by atoms with van der Waals surface area (Å²) >= 11 is 8.15. The van der Waals surface area contributed by atoms with Crippen LogP contribution in [0, 0.1) is 0 Å². The molecule has 0 unspecified atom stereocenters. The Labute approximate surface area is 181 Å². The molecular formula is C26H22ClN2P. The van der Waals surface area contributed by atoms with Crippen molar-refractivity contribution in [1.82, 2.24) is 10.2 Å². The van der Waals surface area contributed by atoms with Crippen molar-refractivity contribution in [3.05, 3.63) is 121 Å². The first kappa shape index (κ1) is 19.1. The molecule has 0 radical (unpaired) electrons. The Balaban J connectivity index is 1.88. The van der Waals surface area contributed by atoms with Crippen LogP contribution in [0.2, 0.25) is 0 Å². The van der Waals surface area contributed by atoms with Crippen LogP contribution < -0.4 is 15.9 Å². The van der Waals surface area contributed by atoms with Crippen LogP contribution in [-0.4, -0.2) is 10.2 Å². The molecule has 0 aliphatic carbocycles. The van der Waals surface area contributed by atoms with Crippen molar-refractivity contribution in [3.8, 4) is 0 Å². The molecule has 30 heavy (non-hydrogen) atoms. The minimum atomic E-state index is -3.36. The standard InChI is InChI=1S/C26H22ClN2P/c27-30(21-12-4-1-5-13-21,22-14-6-2-7-15-22,23-16-8-3-9-17-23)20-26-24-18-10-11-19-25(24)28-29-26/h1-19H,20H2,(H,28,29). The summed E-state index contributed by atoms with van der Waals surface area (Å²) in [5.74, 6) is -3.36. The van der Waals surface area contributed by atoms with Crippen molar-refractivity contribution in [3.63, 3.8) is 0 Å². The van der Waals surface area contributed by atoms with Crippen LogP contribution in [0.25, 0.3) is 10.9 Å². The van der Waals surface area contributed by atoms with E-state index in [1.54, 1.807) is 0 Å². The predicted octanol–water partition coefficient (Wildman–Crippen LogP) is 5.75. The summed E-state index contributed by atoms with van der Waals surface area (Å²) in [6.45, 7) is 0. The van der Waals surface area contributed by atoms with E-state index in [1.807, 2.05) is 30.3 Å². The van der Waals surface area contributed by atoms with Crippen LogP contribution >= 0.6 is 17.2 Å². The number of aromatic nitrogens is 2. The van der Waals surface area contributed by atoms with Gasteiger partial charge in [0.05, 0.1) is 0 Å². The summed E-state index contributed by atoms with van der Waals surface area (Å²) in [6.07, 6.45) is 0.658. The van der Waals surface area contributed by atoms with Gasteiger partial charge in [0.15, 0.2) is 0 Å². The fourth-order valence-corrected chi connectivity index (χ4v) is 10.4. The average molecular weight is 429 g/mol. The van der Waals surface area contributed by atoms with Crippen molar-refractivity contribution in [2.45, 2.75) is 6.16 Å². The van der Waals surface area contributed by atoms with E-state index in [0.717, 1.165) is 32.5 Å². The Morgan fingerprint density at radius 3 is 1.53 bits per heavy atom. The van der Waals surface area contributed by atoms with E-state index in [9.17, 15) is 0 Å². The number of hydrogen-bond donors (Lipinski definition) is 1. The second-order valence-corrected chi connectivity index (χ2v) is 14.0. The SMILES string of the molecule is ClP(Cc1[nH]nc2ccccc12)(c1ccccc1)(c1ccccc1)c1ccccc1. The van der Waals surface area contributed by atoms with Gasteiger partial charge in [-0.2, -0.15) is 0 Å². The van der Waals surface area contributed by atoms with Gasteiger partial charge in [-0.3, -0.25) is 0 Å². The summed E-state index contributed by atoms with van der Waals surface area (Å²) < 4.78 is 0. The molecule has 0 saturated carbocycles. The van der Waals surface area contributed by atoms with Crippen molar-refractivity contribution in [1.29, 1.82) is 0 Å². The molecule has 2 nitrogen and oxygen atoms in total. The third-order valence-corrected chi connectivity index (χ3v) is 13.0. The molecule has 0 atom stereocenters. The van der Waals surface area contributed by atoms with E-state index < -0.39 is 5.96 Å². The molecule has 1 aromatic heterocycles. The second kappa shape index (κ2) is 7.40. The zero-order valence-electron chi connectivity index (χ0n) is 16.4. The van der Waals surface area contributed by atoms with Gasteiger partial charge < -0.3 is 0 Å². The zero-order valence-corrected chi connectivity index (χ0v) is 18.1. The quantitative estimate of drug-likeness (QED) is 0.355. The van der Waals surface area contributed by atoms with Crippen LogP contribution in [0.3, 0.4) is 0 Å². The van der Waals surface area contributed by atoms with E-state index in [1.165, 1.54) is 0 Å². The van der Waals surface area contributed by atoms with Gasteiger partial charge in [0, 0.05) is 0 Å². The molecule has 5 rings (SSSR count). The van der Waals surface area contributed by atoms with Crippen LogP contribution in [0.1, 0.15) is 5.69 Å². The van der Waals surface area contributed by atoms with Crippen LogP contribution in [0.4, 0.5) is 0 Å². The van der Waals surface area contributed by atoms with Crippen molar-refractivity contribution < 1.29 is 0 Å². The number of H-pyrrole nitrogens is 1. The number of benzene rings is 4. The summed E-state index contributed by atoms with van der Waals surface area (Å²) in [6, 6.07) is 39.8. The molecule has 1 heterocycles. The minimum absolute atomic E-state index is 0.658. The molecule has 4 heteroatoms. The monoisotopic (exact) mass is 428 g/mol. The van der Waals surface area contributed by atoms with Gasteiger partial charge in [0.25, 0.3) is 0 Å². The fraction of sp³-hybridized carbons (Fsp3) is 0.0385. The molecule has 0 fully saturated rings. The molecule has 4 aromatic carbocycles. The van der Waals surface area contributed by atoms with Gasteiger partial charge in [-0.25, -0.2) is 0 Å². The Bertz CT molecular complexity index is 1180. The van der Waals surface area contributed by atoms with Crippen molar-refractivity contribution in [2.24, 2.45) is 0 Å². The van der Waals surface area contributed by atoms with E-state index in [4.69, 9.17) is 11.2 Å². The summed E-state index contributed by atoms with van der Waals surface area (Å²) in [4.78, 5) is 0. The molecule has 0 saturated heterocycles. The summed E-state index contributed by atoms with van der Waals surface area (Å²) in [5, 5.41) is 12.4. The number of halogens is 1. The van der Waals surface area contributed by atoms with E-state index in [0.29, 0.717) is 6.16 Å². The summed E-state index contributed by atoms with van der Waals surface area (Å²) in [7, 11) is 0. The Hall–Kier alpha value is -2.93. The first-order chi connectivity index (χ1) is 14.7. The van der Waals surface area contributed by atoms with Crippen molar-refractivity contribution >= 4 is 44.0 Å². The Morgan fingerprint density at radius 2 is 1.03 bits per heavy atom. The van der Waals surface area contributed by atoms with Gasteiger partial charge in [0.1, 0.15) is 0 Å². The number of rotatable bonds is 5. The molecule has 0 aliphatic rings. The third kappa shape index (κ3) is 2.88. The molecule has 0 bridgehead atoms. The molecule has 148 valence electrons. The normalized spacial score (nSPS) is 13.0. The first-order valence-corrected chi connectivity index (χ1v) is 13.3. The topological polar surface area (TPSA) is 28.7 Å². The summed E-state index contributed by atoms with van der Waals surface area (Å²) in [5.41, 5.74) is 2.03. The Kier molecular flexibility index (Phi) is 4.70. The van der Waals surface area contributed by atoms with E-state index in [-0.39, 0.29) is 0 Å². The molecular weight excluding hydrogens is 407 g/mol. The number of aromatic amines is 1. The number of fused-ring (bicyclic) bond motifs is 1. The van der Waals surface area contributed by atoms with Crippen LogP contribution in [0.5, 0.6) is 0 Å². The zero-order chi connectivity index (χ0) is 20.5. The fourth-order valence-electron chi connectivity index (χ4n) is 4.37. The number of nitrogens with one attached hydrogen (secondary N) is 1.